The van der Waals surface area contributed by atoms with Gasteiger partial charge in [0.15, 0.2) is 0 Å². The molecular weight excluding hydrogens is 479 g/mol. The average molecular weight is 502 g/mol. The highest BCUT2D eigenvalue weighted by Crippen LogP contribution is 2.32. The second-order valence-electron chi connectivity index (χ2n) is 8.96. The van der Waals surface area contributed by atoms with E-state index in [0.717, 1.165) is 52.0 Å². The van der Waals surface area contributed by atoms with Gasteiger partial charge in [-0.3, -0.25) is 9.98 Å². The topological polar surface area (TPSA) is 64.3 Å². The van der Waals surface area contributed by atoms with E-state index in [1.165, 1.54) is 12.1 Å². The normalized spacial score (nSPS) is 14.3. The minimum absolute atomic E-state index is 0.272. The van der Waals surface area contributed by atoms with Crippen molar-refractivity contribution in [2.75, 3.05) is 5.32 Å². The van der Waals surface area contributed by atoms with Crippen molar-refractivity contribution < 1.29 is 17.9 Å². The van der Waals surface area contributed by atoms with Gasteiger partial charge in [-0.15, -0.1) is 13.2 Å². The Bertz CT molecular complexity index is 1640. The lowest BCUT2D eigenvalue weighted by Gasteiger charge is -2.21. The first-order valence-corrected chi connectivity index (χ1v) is 11.9. The lowest BCUT2D eigenvalue weighted by Crippen LogP contribution is -2.17. The number of halogens is 3. The van der Waals surface area contributed by atoms with Crippen LogP contribution in [0.5, 0.6) is 5.75 Å². The molecule has 0 atom stereocenters. The molecule has 0 amide bonds. The van der Waals surface area contributed by atoms with Gasteiger partial charge in [-0.25, -0.2) is 4.98 Å². The zero-order valence-electron chi connectivity index (χ0n) is 19.8. The van der Waals surface area contributed by atoms with Crippen LogP contribution in [0, 0.1) is 6.92 Å². The third-order valence-electron chi connectivity index (χ3n) is 6.17. The van der Waals surface area contributed by atoms with Crippen LogP contribution in [0.15, 0.2) is 84.0 Å². The summed E-state index contributed by atoms with van der Waals surface area (Å²) in [5.41, 5.74) is 6.31. The molecule has 0 unspecified atom stereocenters. The second kappa shape index (κ2) is 8.92. The standard InChI is InChI=1S/C28H22F3N5O/c1-17-21(6-4-14-32-17)34-23-15-25-27(16-24(23)33-18-8-9-18)36(26-7-3-2-5-22(26)35-25)19-10-12-20(13-11-19)37-28(29,30)31/h2-7,10-16,18,34H,8-9H2,1H3. The Morgan fingerprint density at radius 2 is 1.76 bits per heavy atom. The molecule has 0 bridgehead atoms. The van der Waals surface area contributed by atoms with Crippen molar-refractivity contribution in [3.63, 3.8) is 0 Å². The molecule has 0 spiro atoms. The van der Waals surface area contributed by atoms with E-state index in [0.29, 0.717) is 11.4 Å². The molecule has 1 fully saturated rings. The number of benzene rings is 3. The van der Waals surface area contributed by atoms with E-state index in [1.54, 1.807) is 18.3 Å². The maximum absolute atomic E-state index is 12.7. The van der Waals surface area contributed by atoms with Crippen LogP contribution in [0.25, 0.3) is 28.1 Å². The van der Waals surface area contributed by atoms with E-state index in [1.807, 2.05) is 60.0 Å². The number of pyridine rings is 1. The number of aryl methyl sites for hydroxylation is 1. The van der Waals surface area contributed by atoms with Crippen LogP contribution in [-0.4, -0.2) is 26.9 Å². The Balaban J connectivity index is 1.56. The fourth-order valence-electron chi connectivity index (χ4n) is 4.29. The number of ether oxygens (including phenoxy) is 1. The quantitative estimate of drug-likeness (QED) is 0.278. The number of nitrogens with zero attached hydrogens (tertiary/aromatic N) is 4. The van der Waals surface area contributed by atoms with Gasteiger partial charge in [0.2, 0.25) is 0 Å². The van der Waals surface area contributed by atoms with E-state index in [4.69, 9.17) is 9.98 Å². The van der Waals surface area contributed by atoms with Gasteiger partial charge in [0, 0.05) is 11.9 Å². The molecule has 1 saturated carbocycles. The first kappa shape index (κ1) is 23.0. The summed E-state index contributed by atoms with van der Waals surface area (Å²) >= 11 is 0. The van der Waals surface area contributed by atoms with Gasteiger partial charge in [-0.1, -0.05) is 12.1 Å². The van der Waals surface area contributed by atoms with Gasteiger partial charge in [0.1, 0.15) is 5.75 Å². The number of alkyl halides is 3. The molecule has 2 heterocycles. The number of rotatable bonds is 5. The first-order valence-electron chi connectivity index (χ1n) is 11.9. The number of anilines is 2. The number of nitrogens with one attached hydrogen (secondary N) is 1. The molecule has 0 radical (unpaired) electrons. The fourth-order valence-corrected chi connectivity index (χ4v) is 4.29. The van der Waals surface area contributed by atoms with Crippen LogP contribution in [0.2, 0.25) is 0 Å². The first-order chi connectivity index (χ1) is 17.8. The van der Waals surface area contributed by atoms with Gasteiger partial charge < -0.3 is 14.6 Å². The smallest absolute Gasteiger partial charge is 0.406 e. The molecule has 37 heavy (non-hydrogen) atoms. The van der Waals surface area contributed by atoms with Crippen LogP contribution < -0.4 is 15.4 Å². The maximum Gasteiger partial charge on any atom is 0.573 e. The largest absolute Gasteiger partial charge is 0.573 e. The Morgan fingerprint density at radius 1 is 0.973 bits per heavy atom. The second-order valence-corrected chi connectivity index (χ2v) is 8.96. The van der Waals surface area contributed by atoms with Crippen LogP contribution in [0.4, 0.5) is 24.5 Å². The predicted octanol–water partition coefficient (Wildman–Crippen LogP) is 6.54. The molecule has 2 aromatic carbocycles. The summed E-state index contributed by atoms with van der Waals surface area (Å²) < 4.78 is 44.1. The third kappa shape index (κ3) is 4.84. The highest BCUT2D eigenvalue weighted by Gasteiger charge is 2.31. The van der Waals surface area contributed by atoms with E-state index in [2.05, 4.69) is 15.0 Å². The molecule has 3 aromatic rings. The molecular formula is C28H22F3N5O. The fraction of sp³-hybridized carbons (Fsp3) is 0.179. The van der Waals surface area contributed by atoms with Crippen LogP contribution in [0.1, 0.15) is 18.5 Å². The molecule has 9 heteroatoms. The number of hydrogen-bond acceptors (Lipinski definition) is 5. The average Bonchev–Trinajstić information content (AvgIpc) is 3.68. The lowest BCUT2D eigenvalue weighted by atomic mass is 10.1. The summed E-state index contributed by atoms with van der Waals surface area (Å²) in [7, 11) is 0. The number of fused-ring (bicyclic) bond motifs is 2. The SMILES string of the molecule is Cc1ncccc1Nc1cc2nc3ccccc3n(-c3ccc(OC(F)(F)F)cc3)c-2cc1=NC1CC1. The van der Waals surface area contributed by atoms with E-state index >= 15 is 0 Å². The summed E-state index contributed by atoms with van der Waals surface area (Å²) in [5.74, 6) is -0.276. The highest BCUT2D eigenvalue weighted by molar-refractivity contribution is 5.84. The van der Waals surface area contributed by atoms with Crippen molar-refractivity contribution in [1.29, 1.82) is 0 Å². The Labute approximate surface area is 210 Å². The van der Waals surface area contributed by atoms with Crippen LogP contribution in [-0.2, 0) is 0 Å². The molecule has 3 aliphatic rings. The summed E-state index contributed by atoms with van der Waals surface area (Å²) in [5, 5.41) is 4.27. The summed E-state index contributed by atoms with van der Waals surface area (Å²) in [6.07, 6.45) is -0.919. The van der Waals surface area contributed by atoms with Gasteiger partial charge >= 0.3 is 6.36 Å². The highest BCUT2D eigenvalue weighted by atomic mass is 19.4. The third-order valence-corrected chi connectivity index (χ3v) is 6.17. The summed E-state index contributed by atoms with van der Waals surface area (Å²) in [4.78, 5) is 14.2. The molecule has 1 aliphatic heterocycles. The Kier molecular flexibility index (Phi) is 5.55. The van der Waals surface area contributed by atoms with Crippen molar-refractivity contribution in [2.24, 2.45) is 4.99 Å². The van der Waals surface area contributed by atoms with Crippen LogP contribution >= 0.6 is 0 Å². The van der Waals surface area contributed by atoms with Crippen molar-refractivity contribution in [3.05, 3.63) is 90.0 Å². The zero-order chi connectivity index (χ0) is 25.6. The van der Waals surface area contributed by atoms with Crippen molar-refractivity contribution in [2.45, 2.75) is 32.2 Å². The van der Waals surface area contributed by atoms with Crippen molar-refractivity contribution >= 4 is 22.4 Å². The molecule has 6 rings (SSSR count). The molecule has 186 valence electrons. The van der Waals surface area contributed by atoms with E-state index < -0.39 is 6.36 Å². The van der Waals surface area contributed by atoms with Gasteiger partial charge in [-0.05, 0) is 80.4 Å². The Morgan fingerprint density at radius 3 is 2.49 bits per heavy atom. The minimum atomic E-state index is -4.75. The predicted molar refractivity (Wildman–Crippen MR) is 135 cm³/mol. The number of hydrogen-bond donors (Lipinski definition) is 1. The lowest BCUT2D eigenvalue weighted by molar-refractivity contribution is -0.274. The molecule has 1 aromatic heterocycles. The van der Waals surface area contributed by atoms with Gasteiger partial charge in [0.25, 0.3) is 0 Å². The van der Waals surface area contributed by atoms with Crippen LogP contribution in [0.3, 0.4) is 0 Å². The number of aromatic nitrogens is 3. The number of para-hydroxylation sites is 2. The van der Waals surface area contributed by atoms with Gasteiger partial charge in [0.05, 0.1) is 50.9 Å². The summed E-state index contributed by atoms with van der Waals surface area (Å²) in [6, 6.07) is 21.6. The van der Waals surface area contributed by atoms with Crippen molar-refractivity contribution in [3.8, 4) is 22.8 Å². The minimum Gasteiger partial charge on any atom is -0.406 e. The molecule has 0 saturated heterocycles. The van der Waals surface area contributed by atoms with E-state index in [-0.39, 0.29) is 11.8 Å². The van der Waals surface area contributed by atoms with Crippen molar-refractivity contribution in [1.82, 2.24) is 14.5 Å². The van der Waals surface area contributed by atoms with Gasteiger partial charge in [-0.2, -0.15) is 0 Å². The Hall–Kier alpha value is -4.40. The zero-order valence-corrected chi connectivity index (χ0v) is 19.8. The molecule has 1 N–H and O–H groups in total. The summed E-state index contributed by atoms with van der Waals surface area (Å²) in [6.45, 7) is 1.94. The molecule has 2 aliphatic carbocycles. The van der Waals surface area contributed by atoms with E-state index in [9.17, 15) is 13.2 Å². The maximum atomic E-state index is 12.7. The molecule has 6 nitrogen and oxygen atoms in total. The monoisotopic (exact) mass is 501 g/mol.